The first kappa shape index (κ1) is 10.4. The quantitative estimate of drug-likeness (QED) is 0.722. The van der Waals surface area contributed by atoms with E-state index in [1.54, 1.807) is 12.3 Å². The van der Waals surface area contributed by atoms with E-state index in [2.05, 4.69) is 9.97 Å². The molecule has 0 unspecified atom stereocenters. The van der Waals surface area contributed by atoms with Crippen molar-refractivity contribution in [2.24, 2.45) is 0 Å². The minimum absolute atomic E-state index is 0.216. The van der Waals surface area contributed by atoms with E-state index >= 15 is 0 Å². The third-order valence-corrected chi connectivity index (χ3v) is 2.10. The van der Waals surface area contributed by atoms with Crippen LogP contribution < -0.4 is 0 Å². The van der Waals surface area contributed by atoms with Crippen LogP contribution in [0.3, 0.4) is 0 Å². The molecule has 2 aromatic heterocycles. The van der Waals surface area contributed by atoms with Crippen molar-refractivity contribution in [2.75, 3.05) is 0 Å². The van der Waals surface area contributed by atoms with Crippen LogP contribution in [-0.2, 0) is 0 Å². The molecule has 0 aromatic carbocycles. The second kappa shape index (κ2) is 4.18. The lowest BCUT2D eigenvalue weighted by molar-refractivity contribution is 0.103. The number of hydrogen-bond donors (Lipinski definition) is 0. The summed E-state index contributed by atoms with van der Waals surface area (Å²) in [6, 6.07) is 4.30. The molecule has 2 heterocycles. The second-order valence-corrected chi connectivity index (χ2v) is 3.44. The van der Waals surface area contributed by atoms with Gasteiger partial charge in [-0.25, -0.2) is 9.37 Å². The van der Waals surface area contributed by atoms with Gasteiger partial charge in [-0.05, 0) is 30.7 Å². The summed E-state index contributed by atoms with van der Waals surface area (Å²) >= 11 is 0. The highest BCUT2D eigenvalue weighted by molar-refractivity contribution is 6.07. The van der Waals surface area contributed by atoms with E-state index in [0.29, 0.717) is 5.56 Å². The van der Waals surface area contributed by atoms with Crippen molar-refractivity contribution in [3.63, 3.8) is 0 Å². The van der Waals surface area contributed by atoms with Crippen molar-refractivity contribution in [1.29, 1.82) is 0 Å². The number of aromatic nitrogens is 2. The summed E-state index contributed by atoms with van der Waals surface area (Å²) in [4.78, 5) is 19.5. The van der Waals surface area contributed by atoms with Gasteiger partial charge >= 0.3 is 0 Å². The zero-order chi connectivity index (χ0) is 11.5. The van der Waals surface area contributed by atoms with Crippen molar-refractivity contribution in [2.45, 2.75) is 6.92 Å². The van der Waals surface area contributed by atoms with Crippen molar-refractivity contribution in [1.82, 2.24) is 9.97 Å². The number of ketones is 1. The molecule has 0 bridgehead atoms. The molecule has 0 radical (unpaired) electrons. The normalized spacial score (nSPS) is 10.1. The van der Waals surface area contributed by atoms with Gasteiger partial charge in [-0.15, -0.1) is 0 Å². The highest BCUT2D eigenvalue weighted by atomic mass is 19.1. The van der Waals surface area contributed by atoms with E-state index in [9.17, 15) is 9.18 Å². The Hall–Kier alpha value is -2.10. The van der Waals surface area contributed by atoms with E-state index in [-0.39, 0.29) is 11.5 Å². The van der Waals surface area contributed by atoms with Gasteiger partial charge in [0.15, 0.2) is 0 Å². The highest BCUT2D eigenvalue weighted by Gasteiger charge is 2.10. The first-order chi connectivity index (χ1) is 7.66. The van der Waals surface area contributed by atoms with E-state index in [1.807, 2.05) is 6.92 Å². The lowest BCUT2D eigenvalue weighted by Crippen LogP contribution is -2.04. The van der Waals surface area contributed by atoms with Crippen molar-refractivity contribution in [3.8, 4) is 0 Å². The largest absolute Gasteiger partial charge is 0.287 e. The fraction of sp³-hybridized carbons (Fsp3) is 0.0833. The van der Waals surface area contributed by atoms with Gasteiger partial charge in [0.2, 0.25) is 5.78 Å². The predicted molar refractivity (Wildman–Crippen MR) is 56.6 cm³/mol. The summed E-state index contributed by atoms with van der Waals surface area (Å²) < 4.78 is 12.6. The predicted octanol–water partition coefficient (Wildman–Crippen LogP) is 2.16. The molecule has 0 aliphatic carbocycles. The molecule has 0 N–H and O–H groups in total. The van der Waals surface area contributed by atoms with Gasteiger partial charge in [0.1, 0.15) is 11.5 Å². The number of rotatable bonds is 2. The average molecular weight is 216 g/mol. The molecular weight excluding hydrogens is 207 g/mol. The van der Waals surface area contributed by atoms with E-state index in [0.717, 1.165) is 11.8 Å². The summed E-state index contributed by atoms with van der Waals surface area (Å²) in [6.45, 7) is 1.85. The molecule has 4 heteroatoms. The Morgan fingerprint density at radius 2 is 2.06 bits per heavy atom. The molecule has 0 atom stereocenters. The Kier molecular flexibility index (Phi) is 2.72. The minimum Gasteiger partial charge on any atom is -0.287 e. The monoisotopic (exact) mass is 216 g/mol. The molecule has 0 saturated carbocycles. The number of hydrogen-bond acceptors (Lipinski definition) is 3. The standard InChI is InChI=1S/C12H9FN2O/c1-8-4-9(6-14-5-8)12(16)11-3-2-10(13)7-15-11/h2-7H,1H3. The van der Waals surface area contributed by atoms with Crippen molar-refractivity contribution >= 4 is 5.78 Å². The molecule has 80 valence electrons. The van der Waals surface area contributed by atoms with Gasteiger partial charge in [0.05, 0.1) is 6.20 Å². The van der Waals surface area contributed by atoms with Crippen LogP contribution >= 0.6 is 0 Å². The molecular formula is C12H9FN2O. The summed E-state index contributed by atoms with van der Waals surface area (Å²) in [7, 11) is 0. The average Bonchev–Trinajstić information content (AvgIpc) is 2.29. The smallest absolute Gasteiger partial charge is 0.212 e. The molecule has 16 heavy (non-hydrogen) atoms. The Bertz CT molecular complexity index is 523. The van der Waals surface area contributed by atoms with Gasteiger partial charge in [0.25, 0.3) is 0 Å². The van der Waals surface area contributed by atoms with Gasteiger partial charge in [-0.1, -0.05) is 0 Å². The summed E-state index contributed by atoms with van der Waals surface area (Å²) in [5.74, 6) is -0.713. The number of carbonyl (C=O) groups is 1. The zero-order valence-electron chi connectivity index (χ0n) is 8.64. The van der Waals surface area contributed by atoms with E-state index in [4.69, 9.17) is 0 Å². The lowest BCUT2D eigenvalue weighted by Gasteiger charge is -2.00. The van der Waals surface area contributed by atoms with Crippen LogP contribution in [0.5, 0.6) is 0 Å². The third-order valence-electron chi connectivity index (χ3n) is 2.10. The molecule has 0 fully saturated rings. The SMILES string of the molecule is Cc1cncc(C(=O)c2ccc(F)cn2)c1. The summed E-state index contributed by atoms with van der Waals surface area (Å²) in [5, 5.41) is 0. The molecule has 3 nitrogen and oxygen atoms in total. The van der Waals surface area contributed by atoms with Crippen LogP contribution in [0.25, 0.3) is 0 Å². The second-order valence-electron chi connectivity index (χ2n) is 3.44. The molecule has 2 rings (SSSR count). The third kappa shape index (κ3) is 2.11. The minimum atomic E-state index is -0.459. The van der Waals surface area contributed by atoms with Gasteiger partial charge in [0, 0.05) is 18.0 Å². The Morgan fingerprint density at radius 3 is 2.69 bits per heavy atom. The maximum atomic E-state index is 12.6. The van der Waals surface area contributed by atoms with E-state index < -0.39 is 5.82 Å². The van der Waals surface area contributed by atoms with Gasteiger partial charge in [-0.3, -0.25) is 9.78 Å². The number of pyridine rings is 2. The molecule has 0 amide bonds. The maximum Gasteiger partial charge on any atom is 0.212 e. The van der Waals surface area contributed by atoms with Crippen LogP contribution in [0, 0.1) is 12.7 Å². The fourth-order valence-electron chi connectivity index (χ4n) is 1.34. The maximum absolute atomic E-state index is 12.6. The number of halogens is 1. The molecule has 0 saturated heterocycles. The summed E-state index contributed by atoms with van der Waals surface area (Å²) in [6.07, 6.45) is 4.16. The molecule has 0 spiro atoms. The fourth-order valence-corrected chi connectivity index (χ4v) is 1.34. The first-order valence-electron chi connectivity index (χ1n) is 4.75. The van der Waals surface area contributed by atoms with Gasteiger partial charge in [-0.2, -0.15) is 0 Å². The lowest BCUT2D eigenvalue weighted by atomic mass is 10.1. The number of carbonyl (C=O) groups excluding carboxylic acids is 1. The zero-order valence-corrected chi connectivity index (χ0v) is 8.64. The number of aryl methyl sites for hydroxylation is 1. The highest BCUT2D eigenvalue weighted by Crippen LogP contribution is 2.08. The molecule has 0 aliphatic heterocycles. The molecule has 2 aromatic rings. The van der Waals surface area contributed by atoms with Crippen LogP contribution in [0.4, 0.5) is 4.39 Å². The topological polar surface area (TPSA) is 42.9 Å². The van der Waals surface area contributed by atoms with Crippen LogP contribution in [0.15, 0.2) is 36.8 Å². The van der Waals surface area contributed by atoms with Crippen molar-refractivity contribution < 1.29 is 9.18 Å². The Labute approximate surface area is 92.0 Å². The van der Waals surface area contributed by atoms with Crippen LogP contribution in [-0.4, -0.2) is 15.8 Å². The summed E-state index contributed by atoms with van der Waals surface area (Å²) in [5.41, 5.74) is 1.57. The van der Waals surface area contributed by atoms with Crippen LogP contribution in [0.2, 0.25) is 0 Å². The Morgan fingerprint density at radius 1 is 1.25 bits per heavy atom. The van der Waals surface area contributed by atoms with E-state index in [1.165, 1.54) is 18.3 Å². The van der Waals surface area contributed by atoms with Crippen molar-refractivity contribution in [3.05, 3.63) is 59.4 Å². The van der Waals surface area contributed by atoms with Crippen LogP contribution in [0.1, 0.15) is 21.6 Å². The first-order valence-corrected chi connectivity index (χ1v) is 4.75. The van der Waals surface area contributed by atoms with Gasteiger partial charge < -0.3 is 0 Å². The Balaban J connectivity index is 2.35. The molecule has 0 aliphatic rings. The number of nitrogens with zero attached hydrogens (tertiary/aromatic N) is 2.